The highest BCUT2D eigenvalue weighted by atomic mass is 16.6. The van der Waals surface area contributed by atoms with Crippen LogP contribution in [0.2, 0.25) is 0 Å². The summed E-state index contributed by atoms with van der Waals surface area (Å²) in [7, 11) is 0. The largest absolute Gasteiger partial charge is 0.465 e. The van der Waals surface area contributed by atoms with E-state index >= 15 is 0 Å². The van der Waals surface area contributed by atoms with Crippen LogP contribution in [0.1, 0.15) is 50.0 Å². The SMILES string of the molecule is CCOC(=O)[C@@]12C(=O)OC(C)(C)[C@@H]1[C@]2(CC)C(=O)c1ccc(C)cc1. The van der Waals surface area contributed by atoms with E-state index in [4.69, 9.17) is 9.47 Å². The number of Topliss-reactive ketones (excluding diaryl/α,β-unsaturated/α-hetero) is 1. The third-order valence-corrected chi connectivity index (χ3v) is 5.79. The number of carbonyl (C=O) groups excluding carboxylic acids is 3. The number of fused-ring (bicyclic) bond motifs is 1. The Morgan fingerprint density at radius 2 is 1.76 bits per heavy atom. The average Bonchev–Trinajstić information content (AvgIpc) is 3.15. The zero-order valence-corrected chi connectivity index (χ0v) is 15.3. The fourth-order valence-electron chi connectivity index (χ4n) is 4.87. The van der Waals surface area contributed by atoms with Crippen molar-refractivity contribution in [3.63, 3.8) is 0 Å². The van der Waals surface area contributed by atoms with Gasteiger partial charge in [0.15, 0.2) is 11.2 Å². The first-order valence-corrected chi connectivity index (χ1v) is 8.72. The highest BCUT2D eigenvalue weighted by Gasteiger charge is 2.95. The van der Waals surface area contributed by atoms with Crippen LogP contribution in [0.5, 0.6) is 0 Å². The van der Waals surface area contributed by atoms with Crippen LogP contribution in [0.15, 0.2) is 24.3 Å². The third-order valence-electron chi connectivity index (χ3n) is 5.79. The molecule has 1 saturated carbocycles. The second-order valence-electron chi connectivity index (χ2n) is 7.47. The fraction of sp³-hybridized carbons (Fsp3) is 0.550. The zero-order valence-electron chi connectivity index (χ0n) is 15.3. The number of cyclic esters (lactones) is 1. The smallest absolute Gasteiger partial charge is 0.325 e. The summed E-state index contributed by atoms with van der Waals surface area (Å²) in [6.45, 7) is 9.14. The second kappa shape index (κ2) is 5.41. The highest BCUT2D eigenvalue weighted by molar-refractivity contribution is 6.19. The minimum absolute atomic E-state index is 0.152. The first kappa shape index (κ1) is 17.6. The summed E-state index contributed by atoms with van der Waals surface area (Å²) in [5.41, 5.74) is -1.97. The van der Waals surface area contributed by atoms with Crippen molar-refractivity contribution in [2.45, 2.75) is 46.6 Å². The van der Waals surface area contributed by atoms with Crippen molar-refractivity contribution in [1.29, 1.82) is 0 Å². The summed E-state index contributed by atoms with van der Waals surface area (Å²) in [4.78, 5) is 39.0. The van der Waals surface area contributed by atoms with Gasteiger partial charge in [-0.3, -0.25) is 14.4 Å². The van der Waals surface area contributed by atoms with Crippen molar-refractivity contribution in [1.82, 2.24) is 0 Å². The van der Waals surface area contributed by atoms with Crippen molar-refractivity contribution in [3.05, 3.63) is 35.4 Å². The lowest BCUT2D eigenvalue weighted by atomic mass is 9.81. The summed E-state index contributed by atoms with van der Waals surface area (Å²) in [5, 5.41) is 0. The number of hydrogen-bond donors (Lipinski definition) is 0. The van der Waals surface area contributed by atoms with Gasteiger partial charge in [0, 0.05) is 11.5 Å². The van der Waals surface area contributed by atoms with E-state index in [0.29, 0.717) is 12.0 Å². The van der Waals surface area contributed by atoms with Crippen molar-refractivity contribution in [3.8, 4) is 0 Å². The van der Waals surface area contributed by atoms with Crippen molar-refractivity contribution in [2.75, 3.05) is 6.61 Å². The molecule has 0 bridgehead atoms. The summed E-state index contributed by atoms with van der Waals surface area (Å²) in [6, 6.07) is 7.21. The number of benzene rings is 1. The van der Waals surface area contributed by atoms with Gasteiger partial charge in [0.25, 0.3) is 0 Å². The van der Waals surface area contributed by atoms with Crippen molar-refractivity contribution < 1.29 is 23.9 Å². The van der Waals surface area contributed by atoms with Crippen LogP contribution in [-0.4, -0.2) is 29.9 Å². The van der Waals surface area contributed by atoms with Crippen molar-refractivity contribution >= 4 is 17.7 Å². The Labute approximate surface area is 147 Å². The summed E-state index contributed by atoms with van der Waals surface area (Å²) < 4.78 is 10.7. The molecule has 0 radical (unpaired) electrons. The van der Waals surface area contributed by atoms with Crippen molar-refractivity contribution in [2.24, 2.45) is 16.7 Å². The lowest BCUT2D eigenvalue weighted by Gasteiger charge is -2.28. The molecule has 2 aliphatic rings. The van der Waals surface area contributed by atoms with Crippen LogP contribution in [0.3, 0.4) is 0 Å². The van der Waals surface area contributed by atoms with Crippen LogP contribution < -0.4 is 0 Å². The fourth-order valence-corrected chi connectivity index (χ4v) is 4.87. The Morgan fingerprint density at radius 1 is 1.16 bits per heavy atom. The molecule has 0 unspecified atom stereocenters. The van der Waals surface area contributed by atoms with Crippen LogP contribution in [-0.2, 0) is 19.1 Å². The normalized spacial score (nSPS) is 31.9. The van der Waals surface area contributed by atoms with Crippen LogP contribution in [0.25, 0.3) is 0 Å². The number of ketones is 1. The molecule has 25 heavy (non-hydrogen) atoms. The summed E-state index contributed by atoms with van der Waals surface area (Å²) in [6.07, 6.45) is 0.377. The molecular weight excluding hydrogens is 320 g/mol. The number of esters is 2. The quantitative estimate of drug-likeness (QED) is 0.466. The maximum absolute atomic E-state index is 13.4. The van der Waals surface area contributed by atoms with Crippen LogP contribution in [0.4, 0.5) is 0 Å². The highest BCUT2D eigenvalue weighted by Crippen LogP contribution is 2.80. The van der Waals surface area contributed by atoms with Gasteiger partial charge in [0.2, 0.25) is 0 Å². The van der Waals surface area contributed by atoms with Gasteiger partial charge in [-0.2, -0.15) is 0 Å². The topological polar surface area (TPSA) is 69.7 Å². The third kappa shape index (κ3) is 1.98. The van der Waals surface area contributed by atoms with E-state index in [0.717, 1.165) is 5.56 Å². The van der Waals surface area contributed by atoms with E-state index in [-0.39, 0.29) is 12.4 Å². The van der Waals surface area contributed by atoms with Gasteiger partial charge >= 0.3 is 11.9 Å². The van der Waals surface area contributed by atoms with Gasteiger partial charge in [0.05, 0.1) is 12.0 Å². The number of hydrogen-bond acceptors (Lipinski definition) is 5. The van der Waals surface area contributed by atoms with Gasteiger partial charge in [-0.1, -0.05) is 36.8 Å². The number of ether oxygens (including phenoxy) is 2. The molecule has 0 spiro atoms. The van der Waals surface area contributed by atoms with Crippen LogP contribution in [0, 0.1) is 23.7 Å². The molecular formula is C20H24O5. The van der Waals surface area contributed by atoms with Gasteiger partial charge in [-0.05, 0) is 34.1 Å². The second-order valence-corrected chi connectivity index (χ2v) is 7.47. The molecule has 2 fully saturated rings. The summed E-state index contributed by atoms with van der Waals surface area (Å²) >= 11 is 0. The first-order valence-electron chi connectivity index (χ1n) is 8.72. The predicted molar refractivity (Wildman–Crippen MR) is 91.0 cm³/mol. The molecule has 5 heteroatoms. The Hall–Kier alpha value is -2.17. The monoisotopic (exact) mass is 344 g/mol. The average molecular weight is 344 g/mol. The molecule has 3 rings (SSSR count). The molecule has 1 aliphatic heterocycles. The van der Waals surface area contributed by atoms with E-state index in [2.05, 4.69) is 0 Å². The molecule has 0 N–H and O–H groups in total. The minimum Gasteiger partial charge on any atom is -0.465 e. The van der Waals surface area contributed by atoms with E-state index in [1.54, 1.807) is 32.9 Å². The molecule has 1 aromatic carbocycles. The lowest BCUT2D eigenvalue weighted by molar-refractivity contribution is -0.166. The number of carbonyl (C=O) groups is 3. The van der Waals surface area contributed by atoms with E-state index in [1.807, 2.05) is 26.0 Å². The molecule has 1 heterocycles. The molecule has 1 aliphatic carbocycles. The lowest BCUT2D eigenvalue weighted by Crippen LogP contribution is -2.40. The molecule has 3 atom stereocenters. The van der Waals surface area contributed by atoms with E-state index in [1.165, 1.54) is 0 Å². The first-order chi connectivity index (χ1) is 11.7. The maximum Gasteiger partial charge on any atom is 0.325 e. The van der Waals surface area contributed by atoms with E-state index < -0.39 is 34.3 Å². The molecule has 0 amide bonds. The molecule has 1 aromatic rings. The predicted octanol–water partition coefficient (Wildman–Crippen LogP) is 3.09. The maximum atomic E-state index is 13.4. The minimum atomic E-state index is -1.52. The van der Waals surface area contributed by atoms with Gasteiger partial charge < -0.3 is 9.47 Å². The molecule has 1 saturated heterocycles. The number of rotatable bonds is 5. The Kier molecular flexibility index (Phi) is 3.82. The standard InChI is InChI=1S/C20H24O5/c1-6-19(14(21)13-10-8-12(3)9-11-13)15-18(4,5)25-17(23)20(15,19)16(22)24-7-2/h8-11,15H,6-7H2,1-5H3/t15-,19+,20-/m1/s1. The zero-order chi connectivity index (χ0) is 18.6. The Bertz CT molecular complexity index is 748. The Morgan fingerprint density at radius 3 is 2.28 bits per heavy atom. The Balaban J connectivity index is 2.14. The molecule has 0 aromatic heterocycles. The summed E-state index contributed by atoms with van der Waals surface area (Å²) in [5.74, 6) is -1.98. The molecule has 5 nitrogen and oxygen atoms in total. The molecule has 134 valence electrons. The van der Waals surface area contributed by atoms with Gasteiger partial charge in [0.1, 0.15) is 5.60 Å². The van der Waals surface area contributed by atoms with Gasteiger partial charge in [-0.25, -0.2) is 0 Å². The van der Waals surface area contributed by atoms with E-state index in [9.17, 15) is 14.4 Å². The number of aryl methyl sites for hydroxylation is 1. The van der Waals surface area contributed by atoms with Crippen LogP contribution >= 0.6 is 0 Å². The van der Waals surface area contributed by atoms with Gasteiger partial charge in [-0.15, -0.1) is 0 Å².